The summed E-state index contributed by atoms with van der Waals surface area (Å²) in [5.74, 6) is 0.878. The number of unbranched alkanes of at least 4 members (excludes halogenated alkanes) is 1. The van der Waals surface area contributed by atoms with Gasteiger partial charge in [0.05, 0.1) is 6.26 Å². The van der Waals surface area contributed by atoms with Gasteiger partial charge >= 0.3 is 0 Å². The summed E-state index contributed by atoms with van der Waals surface area (Å²) in [4.78, 5) is 0. The highest BCUT2D eigenvalue weighted by atomic mass is 16.5. The molecular formula is C9H15NO2. The van der Waals surface area contributed by atoms with Crippen molar-refractivity contribution in [3.8, 4) is 0 Å². The van der Waals surface area contributed by atoms with E-state index >= 15 is 0 Å². The highest BCUT2D eigenvalue weighted by Crippen LogP contribution is 2.02. The third-order valence-electron chi connectivity index (χ3n) is 1.57. The molecule has 0 fully saturated rings. The van der Waals surface area contributed by atoms with Gasteiger partial charge < -0.3 is 14.9 Å². The highest BCUT2D eigenvalue weighted by Gasteiger charge is 1.94. The van der Waals surface area contributed by atoms with Crippen molar-refractivity contribution in [3.63, 3.8) is 0 Å². The standard InChI is InChI=1S/C9H15NO2/c10-5-1-2-6-11-8-9-4-3-7-12-9/h3-4,7H,1-2,5-6,8,10H2. The van der Waals surface area contributed by atoms with Gasteiger partial charge in [-0.05, 0) is 31.5 Å². The molecule has 0 saturated heterocycles. The molecule has 0 amide bonds. The van der Waals surface area contributed by atoms with Gasteiger partial charge in [0, 0.05) is 6.61 Å². The van der Waals surface area contributed by atoms with E-state index in [4.69, 9.17) is 14.9 Å². The summed E-state index contributed by atoms with van der Waals surface area (Å²) in [5.41, 5.74) is 5.33. The van der Waals surface area contributed by atoms with Crippen LogP contribution in [0.2, 0.25) is 0 Å². The molecule has 0 spiro atoms. The van der Waals surface area contributed by atoms with Gasteiger partial charge in [-0.15, -0.1) is 0 Å². The molecule has 0 aliphatic rings. The Morgan fingerprint density at radius 2 is 2.33 bits per heavy atom. The van der Waals surface area contributed by atoms with E-state index in [9.17, 15) is 0 Å². The van der Waals surface area contributed by atoms with Gasteiger partial charge in [-0.25, -0.2) is 0 Å². The van der Waals surface area contributed by atoms with Gasteiger partial charge in [-0.3, -0.25) is 0 Å². The van der Waals surface area contributed by atoms with Gasteiger partial charge in [0.25, 0.3) is 0 Å². The summed E-state index contributed by atoms with van der Waals surface area (Å²) in [6.45, 7) is 2.07. The summed E-state index contributed by atoms with van der Waals surface area (Å²) < 4.78 is 10.4. The molecule has 0 bridgehead atoms. The van der Waals surface area contributed by atoms with E-state index in [1.54, 1.807) is 6.26 Å². The van der Waals surface area contributed by atoms with E-state index in [-0.39, 0.29) is 0 Å². The molecule has 3 nitrogen and oxygen atoms in total. The second kappa shape index (κ2) is 5.80. The van der Waals surface area contributed by atoms with Crippen molar-refractivity contribution in [3.05, 3.63) is 24.2 Å². The van der Waals surface area contributed by atoms with Crippen LogP contribution in [0.5, 0.6) is 0 Å². The molecular weight excluding hydrogens is 154 g/mol. The Balaban J connectivity index is 1.96. The van der Waals surface area contributed by atoms with E-state index in [0.29, 0.717) is 6.61 Å². The summed E-state index contributed by atoms with van der Waals surface area (Å²) >= 11 is 0. The van der Waals surface area contributed by atoms with E-state index < -0.39 is 0 Å². The first-order valence-electron chi connectivity index (χ1n) is 4.23. The zero-order chi connectivity index (χ0) is 8.65. The summed E-state index contributed by atoms with van der Waals surface area (Å²) in [6.07, 6.45) is 3.70. The Bertz CT molecular complexity index is 184. The fraction of sp³-hybridized carbons (Fsp3) is 0.556. The predicted molar refractivity (Wildman–Crippen MR) is 46.7 cm³/mol. The smallest absolute Gasteiger partial charge is 0.129 e. The number of hydrogen-bond donors (Lipinski definition) is 1. The predicted octanol–water partition coefficient (Wildman–Crippen LogP) is 1.54. The average Bonchev–Trinajstić information content (AvgIpc) is 2.57. The van der Waals surface area contributed by atoms with Crippen molar-refractivity contribution in [2.75, 3.05) is 13.2 Å². The maximum Gasteiger partial charge on any atom is 0.129 e. The number of nitrogens with two attached hydrogens (primary N) is 1. The number of hydrogen-bond acceptors (Lipinski definition) is 3. The van der Waals surface area contributed by atoms with E-state index in [1.807, 2.05) is 12.1 Å². The lowest BCUT2D eigenvalue weighted by Gasteiger charge is -2.00. The summed E-state index contributed by atoms with van der Waals surface area (Å²) in [6, 6.07) is 3.77. The number of rotatable bonds is 6. The van der Waals surface area contributed by atoms with Crippen molar-refractivity contribution < 1.29 is 9.15 Å². The van der Waals surface area contributed by atoms with Gasteiger partial charge in [0.2, 0.25) is 0 Å². The largest absolute Gasteiger partial charge is 0.467 e. The van der Waals surface area contributed by atoms with Crippen LogP contribution < -0.4 is 5.73 Å². The van der Waals surface area contributed by atoms with Gasteiger partial charge in [-0.1, -0.05) is 0 Å². The van der Waals surface area contributed by atoms with Crippen LogP contribution in [-0.4, -0.2) is 13.2 Å². The molecule has 1 aromatic rings. The molecule has 3 heteroatoms. The van der Waals surface area contributed by atoms with Gasteiger partial charge in [0.15, 0.2) is 0 Å². The van der Waals surface area contributed by atoms with Crippen LogP contribution in [0, 0.1) is 0 Å². The molecule has 0 aromatic carbocycles. The van der Waals surface area contributed by atoms with Gasteiger partial charge in [-0.2, -0.15) is 0 Å². The molecule has 0 atom stereocenters. The molecule has 0 aliphatic carbocycles. The molecule has 2 N–H and O–H groups in total. The third-order valence-corrected chi connectivity index (χ3v) is 1.57. The number of ether oxygens (including phenoxy) is 1. The second-order valence-corrected chi connectivity index (χ2v) is 2.63. The molecule has 0 saturated carbocycles. The minimum Gasteiger partial charge on any atom is -0.467 e. The van der Waals surface area contributed by atoms with E-state index in [0.717, 1.165) is 31.8 Å². The first-order valence-corrected chi connectivity index (χ1v) is 4.23. The Hall–Kier alpha value is -0.800. The van der Waals surface area contributed by atoms with Crippen LogP contribution in [0.3, 0.4) is 0 Å². The van der Waals surface area contributed by atoms with E-state index in [1.165, 1.54) is 0 Å². The molecule has 12 heavy (non-hydrogen) atoms. The minimum absolute atomic E-state index is 0.567. The fourth-order valence-corrected chi connectivity index (χ4v) is 0.916. The molecule has 68 valence electrons. The molecule has 0 aliphatic heterocycles. The zero-order valence-electron chi connectivity index (χ0n) is 7.16. The van der Waals surface area contributed by atoms with Crippen LogP contribution in [-0.2, 0) is 11.3 Å². The lowest BCUT2D eigenvalue weighted by atomic mass is 10.3. The SMILES string of the molecule is NCCCCOCc1ccco1. The van der Waals surface area contributed by atoms with Crippen LogP contribution >= 0.6 is 0 Å². The first kappa shape index (κ1) is 9.29. The first-order chi connectivity index (χ1) is 5.93. The van der Waals surface area contributed by atoms with Crippen molar-refractivity contribution in [2.24, 2.45) is 5.73 Å². The van der Waals surface area contributed by atoms with E-state index in [2.05, 4.69) is 0 Å². The second-order valence-electron chi connectivity index (χ2n) is 2.63. The molecule has 1 aromatic heterocycles. The fourth-order valence-electron chi connectivity index (χ4n) is 0.916. The topological polar surface area (TPSA) is 48.4 Å². The zero-order valence-corrected chi connectivity index (χ0v) is 7.16. The van der Waals surface area contributed by atoms with Crippen molar-refractivity contribution in [1.82, 2.24) is 0 Å². The van der Waals surface area contributed by atoms with Gasteiger partial charge in [0.1, 0.15) is 12.4 Å². The molecule has 0 radical (unpaired) electrons. The Labute approximate surface area is 72.5 Å². The molecule has 1 heterocycles. The quantitative estimate of drug-likeness (QED) is 0.657. The Morgan fingerprint density at radius 3 is 3.00 bits per heavy atom. The normalized spacial score (nSPS) is 10.4. The lowest BCUT2D eigenvalue weighted by molar-refractivity contribution is 0.103. The van der Waals surface area contributed by atoms with Crippen LogP contribution in [0.25, 0.3) is 0 Å². The average molecular weight is 169 g/mol. The van der Waals surface area contributed by atoms with Crippen LogP contribution in [0.4, 0.5) is 0 Å². The molecule has 0 unspecified atom stereocenters. The van der Waals surface area contributed by atoms with Crippen molar-refractivity contribution in [2.45, 2.75) is 19.4 Å². The lowest BCUT2D eigenvalue weighted by Crippen LogP contribution is -2.01. The molecule has 1 rings (SSSR count). The monoisotopic (exact) mass is 169 g/mol. The Morgan fingerprint density at radius 1 is 1.42 bits per heavy atom. The Kier molecular flexibility index (Phi) is 4.49. The minimum atomic E-state index is 0.567. The van der Waals surface area contributed by atoms with Crippen LogP contribution in [0.1, 0.15) is 18.6 Å². The van der Waals surface area contributed by atoms with Crippen molar-refractivity contribution in [1.29, 1.82) is 0 Å². The highest BCUT2D eigenvalue weighted by molar-refractivity contribution is 4.95. The summed E-state index contributed by atoms with van der Waals surface area (Å²) in [7, 11) is 0. The third kappa shape index (κ3) is 3.55. The maximum absolute atomic E-state index is 5.33. The van der Waals surface area contributed by atoms with Crippen molar-refractivity contribution >= 4 is 0 Å². The maximum atomic E-state index is 5.33. The summed E-state index contributed by atoms with van der Waals surface area (Å²) in [5, 5.41) is 0. The van der Waals surface area contributed by atoms with Crippen LogP contribution in [0.15, 0.2) is 22.8 Å². The number of furan rings is 1.